The van der Waals surface area contributed by atoms with Gasteiger partial charge >= 0.3 is 0 Å². The fraction of sp³-hybridized carbons (Fsp3) is 0.214. The van der Waals surface area contributed by atoms with E-state index in [1.165, 1.54) is 5.56 Å². The SMILES string of the molecule is Cc1ccc2c(c1)C(C)(O)[n+]1ccccc1-2. The number of aromatic nitrogens is 1. The van der Waals surface area contributed by atoms with Crippen LogP contribution >= 0.6 is 0 Å². The standard InChI is InChI=1S/C14H14NO/c1-10-6-7-11-12(9-10)14(2,16)15-8-4-3-5-13(11)15/h3-9,16H,1-2H3/q+1. The van der Waals surface area contributed by atoms with Crippen LogP contribution in [0.3, 0.4) is 0 Å². The first-order valence-electron chi connectivity index (χ1n) is 5.46. The molecule has 2 heteroatoms. The van der Waals surface area contributed by atoms with Gasteiger partial charge in [-0.2, -0.15) is 4.57 Å². The number of benzene rings is 1. The Labute approximate surface area is 94.8 Å². The molecule has 2 heterocycles. The van der Waals surface area contributed by atoms with Crippen LogP contribution < -0.4 is 4.57 Å². The number of aliphatic hydroxyl groups is 1. The second kappa shape index (κ2) is 2.92. The van der Waals surface area contributed by atoms with Gasteiger partial charge in [0.15, 0.2) is 6.20 Å². The van der Waals surface area contributed by atoms with Crippen LogP contribution in [0.2, 0.25) is 0 Å². The van der Waals surface area contributed by atoms with Crippen molar-refractivity contribution >= 4 is 0 Å². The van der Waals surface area contributed by atoms with Gasteiger partial charge in [0.2, 0.25) is 5.69 Å². The molecule has 80 valence electrons. The minimum absolute atomic E-state index is 0.933. The molecule has 1 N–H and O–H groups in total. The molecule has 0 aliphatic carbocycles. The van der Waals surface area contributed by atoms with E-state index < -0.39 is 5.72 Å². The molecule has 2 nitrogen and oxygen atoms in total. The van der Waals surface area contributed by atoms with E-state index in [2.05, 4.69) is 18.2 Å². The van der Waals surface area contributed by atoms with Crippen LogP contribution in [0.25, 0.3) is 11.3 Å². The summed E-state index contributed by atoms with van der Waals surface area (Å²) in [4.78, 5) is 0. The molecule has 1 atom stereocenters. The van der Waals surface area contributed by atoms with Crippen molar-refractivity contribution in [3.05, 3.63) is 53.7 Å². The van der Waals surface area contributed by atoms with Gasteiger partial charge in [-0.15, -0.1) is 0 Å². The Morgan fingerprint density at radius 2 is 2.00 bits per heavy atom. The Bertz CT molecular complexity index is 573. The maximum atomic E-state index is 10.6. The van der Waals surface area contributed by atoms with Crippen molar-refractivity contribution in [2.24, 2.45) is 0 Å². The summed E-state index contributed by atoms with van der Waals surface area (Å²) < 4.78 is 1.91. The normalized spacial score (nSPS) is 21.7. The molecule has 0 saturated carbocycles. The fourth-order valence-corrected chi connectivity index (χ4v) is 2.45. The van der Waals surface area contributed by atoms with E-state index in [0.717, 1.165) is 16.8 Å². The van der Waals surface area contributed by atoms with Crippen molar-refractivity contribution in [1.29, 1.82) is 0 Å². The van der Waals surface area contributed by atoms with Gasteiger partial charge in [-0.05, 0) is 25.1 Å². The van der Waals surface area contributed by atoms with E-state index in [1.54, 1.807) is 0 Å². The topological polar surface area (TPSA) is 24.1 Å². The molecule has 0 radical (unpaired) electrons. The average Bonchev–Trinajstić information content (AvgIpc) is 2.49. The number of fused-ring (bicyclic) bond motifs is 3. The van der Waals surface area contributed by atoms with Gasteiger partial charge in [0.25, 0.3) is 5.72 Å². The van der Waals surface area contributed by atoms with Crippen LogP contribution in [-0.4, -0.2) is 5.11 Å². The summed E-state index contributed by atoms with van der Waals surface area (Å²) in [5.74, 6) is 0. The summed E-state index contributed by atoms with van der Waals surface area (Å²) in [6.07, 6.45) is 1.92. The zero-order chi connectivity index (χ0) is 11.3. The third-order valence-corrected chi connectivity index (χ3v) is 3.29. The van der Waals surface area contributed by atoms with E-state index in [4.69, 9.17) is 0 Å². The molecule has 0 bridgehead atoms. The molecule has 1 aliphatic heterocycles. The molecular formula is C14H14NO+. The summed E-state index contributed by atoms with van der Waals surface area (Å²) in [6, 6.07) is 12.2. The van der Waals surface area contributed by atoms with E-state index in [9.17, 15) is 5.11 Å². The molecule has 3 rings (SSSR count). The van der Waals surface area contributed by atoms with E-state index in [0.29, 0.717) is 0 Å². The lowest BCUT2D eigenvalue weighted by atomic mass is 9.99. The van der Waals surface area contributed by atoms with Crippen molar-refractivity contribution in [3.63, 3.8) is 0 Å². The fourth-order valence-electron chi connectivity index (χ4n) is 2.45. The third-order valence-electron chi connectivity index (χ3n) is 3.29. The van der Waals surface area contributed by atoms with Gasteiger partial charge in [0.05, 0.1) is 11.1 Å². The highest BCUT2D eigenvalue weighted by molar-refractivity contribution is 5.65. The van der Waals surface area contributed by atoms with Crippen LogP contribution in [0.4, 0.5) is 0 Å². The Morgan fingerprint density at radius 1 is 1.19 bits per heavy atom. The van der Waals surface area contributed by atoms with Crippen LogP contribution in [0.5, 0.6) is 0 Å². The molecule has 1 unspecified atom stereocenters. The Hall–Kier alpha value is -1.67. The van der Waals surface area contributed by atoms with Crippen molar-refractivity contribution in [2.75, 3.05) is 0 Å². The molecule has 0 fully saturated rings. The molecule has 0 spiro atoms. The van der Waals surface area contributed by atoms with Crippen molar-refractivity contribution in [3.8, 4) is 11.3 Å². The number of hydrogen-bond acceptors (Lipinski definition) is 1. The molecule has 2 aromatic rings. The van der Waals surface area contributed by atoms with Crippen molar-refractivity contribution < 1.29 is 9.67 Å². The summed E-state index contributed by atoms with van der Waals surface area (Å²) in [6.45, 7) is 3.88. The predicted molar refractivity (Wildman–Crippen MR) is 61.8 cm³/mol. The number of aryl methyl sites for hydroxylation is 1. The summed E-state index contributed by atoms with van der Waals surface area (Å²) in [5.41, 5.74) is 3.42. The van der Waals surface area contributed by atoms with Crippen LogP contribution in [0.1, 0.15) is 18.1 Å². The van der Waals surface area contributed by atoms with E-state index in [-0.39, 0.29) is 0 Å². The molecular weight excluding hydrogens is 198 g/mol. The van der Waals surface area contributed by atoms with Crippen LogP contribution in [0, 0.1) is 6.92 Å². The van der Waals surface area contributed by atoms with Gasteiger partial charge in [0, 0.05) is 19.1 Å². The second-order valence-corrected chi connectivity index (χ2v) is 4.53. The number of pyridine rings is 1. The van der Waals surface area contributed by atoms with E-state index >= 15 is 0 Å². The molecule has 1 aromatic heterocycles. The number of hydrogen-bond donors (Lipinski definition) is 1. The minimum Gasteiger partial charge on any atom is -0.331 e. The predicted octanol–water partition coefficient (Wildman–Crippen LogP) is 1.98. The van der Waals surface area contributed by atoms with Gasteiger partial charge < -0.3 is 5.11 Å². The summed E-state index contributed by atoms with van der Waals surface area (Å²) in [5, 5.41) is 10.6. The minimum atomic E-state index is -0.933. The molecule has 1 aromatic carbocycles. The quantitative estimate of drug-likeness (QED) is 0.663. The van der Waals surface area contributed by atoms with Crippen LogP contribution in [-0.2, 0) is 5.72 Å². The first kappa shape index (κ1) is 9.55. The molecule has 1 aliphatic rings. The summed E-state index contributed by atoms with van der Waals surface area (Å²) >= 11 is 0. The lowest BCUT2D eigenvalue weighted by Crippen LogP contribution is -2.52. The third kappa shape index (κ3) is 1.08. The Balaban J connectivity index is 2.39. The van der Waals surface area contributed by atoms with Crippen molar-refractivity contribution in [1.82, 2.24) is 0 Å². The highest BCUT2D eigenvalue weighted by Crippen LogP contribution is 2.35. The van der Waals surface area contributed by atoms with Gasteiger partial charge in [-0.25, -0.2) is 0 Å². The van der Waals surface area contributed by atoms with Gasteiger partial charge in [-0.1, -0.05) is 11.6 Å². The smallest absolute Gasteiger partial charge is 0.295 e. The first-order valence-corrected chi connectivity index (χ1v) is 5.46. The Morgan fingerprint density at radius 3 is 2.81 bits per heavy atom. The zero-order valence-corrected chi connectivity index (χ0v) is 9.44. The number of rotatable bonds is 0. The average molecular weight is 212 g/mol. The molecule has 0 saturated heterocycles. The monoisotopic (exact) mass is 212 g/mol. The van der Waals surface area contributed by atoms with Crippen molar-refractivity contribution in [2.45, 2.75) is 19.6 Å². The Kier molecular flexibility index (Phi) is 1.74. The van der Waals surface area contributed by atoms with Crippen LogP contribution in [0.15, 0.2) is 42.6 Å². The largest absolute Gasteiger partial charge is 0.331 e. The number of nitrogens with zero attached hydrogens (tertiary/aromatic N) is 1. The lowest BCUT2D eigenvalue weighted by Gasteiger charge is -2.12. The highest BCUT2D eigenvalue weighted by Gasteiger charge is 2.45. The molecule has 0 amide bonds. The summed E-state index contributed by atoms with van der Waals surface area (Å²) in [7, 11) is 0. The maximum absolute atomic E-state index is 10.6. The first-order chi connectivity index (χ1) is 7.60. The van der Waals surface area contributed by atoms with Gasteiger partial charge in [0.1, 0.15) is 0 Å². The maximum Gasteiger partial charge on any atom is 0.295 e. The molecule has 16 heavy (non-hydrogen) atoms. The lowest BCUT2D eigenvalue weighted by molar-refractivity contribution is -0.776. The highest BCUT2D eigenvalue weighted by atomic mass is 16.3. The zero-order valence-electron chi connectivity index (χ0n) is 9.44. The van der Waals surface area contributed by atoms with E-state index in [1.807, 2.05) is 42.8 Å². The van der Waals surface area contributed by atoms with Gasteiger partial charge in [-0.3, -0.25) is 0 Å². The second-order valence-electron chi connectivity index (χ2n) is 4.53.